The van der Waals surface area contributed by atoms with Crippen LogP contribution in [0.5, 0.6) is 5.75 Å². The maximum atomic E-state index is 12.4. The van der Waals surface area contributed by atoms with Crippen molar-refractivity contribution in [1.29, 1.82) is 0 Å². The van der Waals surface area contributed by atoms with Crippen LogP contribution in [0.3, 0.4) is 0 Å². The Bertz CT molecular complexity index is 770. The molecule has 5 nitrogen and oxygen atoms in total. The van der Waals surface area contributed by atoms with Gasteiger partial charge in [-0.1, -0.05) is 13.8 Å². The summed E-state index contributed by atoms with van der Waals surface area (Å²) in [5.74, 6) is 0.696. The highest BCUT2D eigenvalue weighted by molar-refractivity contribution is 6.14. The zero-order valence-electron chi connectivity index (χ0n) is 12.5. The van der Waals surface area contributed by atoms with E-state index in [1.54, 1.807) is 19.2 Å². The van der Waals surface area contributed by atoms with E-state index in [2.05, 4.69) is 0 Å². The van der Waals surface area contributed by atoms with Crippen molar-refractivity contribution in [2.75, 3.05) is 14.2 Å². The van der Waals surface area contributed by atoms with E-state index in [1.165, 1.54) is 11.7 Å². The molecular weight excluding hydrogens is 270 g/mol. The average Bonchev–Trinajstić information content (AvgIpc) is 2.91. The molecule has 110 valence electrons. The summed E-state index contributed by atoms with van der Waals surface area (Å²) in [5, 5.41) is 0.770. The van der Waals surface area contributed by atoms with Crippen LogP contribution in [0.25, 0.3) is 10.9 Å². The molecule has 1 aromatic heterocycles. The first-order valence-electron chi connectivity index (χ1n) is 6.75. The normalized spacial score (nSPS) is 16.1. The van der Waals surface area contributed by atoms with E-state index in [-0.39, 0.29) is 5.78 Å². The summed E-state index contributed by atoms with van der Waals surface area (Å²) in [6, 6.07) is 5.38. The van der Waals surface area contributed by atoms with Crippen LogP contribution in [0.1, 0.15) is 36.3 Å². The minimum atomic E-state index is -0.489. The minimum Gasteiger partial charge on any atom is -0.497 e. The number of hydrogen-bond acceptors (Lipinski definition) is 4. The number of fused-ring (bicyclic) bond motifs is 3. The molecule has 21 heavy (non-hydrogen) atoms. The van der Waals surface area contributed by atoms with Crippen molar-refractivity contribution in [3.8, 4) is 5.75 Å². The van der Waals surface area contributed by atoms with Gasteiger partial charge >= 0.3 is 6.09 Å². The zero-order valence-corrected chi connectivity index (χ0v) is 12.5. The SMILES string of the molecule is COC(=O)n1c2c(c3ccc(OC)cc31)C(=O)CC2(C)C. The van der Waals surface area contributed by atoms with Gasteiger partial charge in [0.15, 0.2) is 5.78 Å². The Labute approximate surface area is 122 Å². The molecule has 0 bridgehead atoms. The lowest BCUT2D eigenvalue weighted by Crippen LogP contribution is -2.23. The Morgan fingerprint density at radius 3 is 2.62 bits per heavy atom. The number of aromatic nitrogens is 1. The van der Waals surface area contributed by atoms with Gasteiger partial charge < -0.3 is 9.47 Å². The highest BCUT2D eigenvalue weighted by atomic mass is 16.5. The number of hydrogen-bond donors (Lipinski definition) is 0. The van der Waals surface area contributed by atoms with Gasteiger partial charge in [-0.2, -0.15) is 0 Å². The fourth-order valence-electron chi connectivity index (χ4n) is 3.17. The largest absolute Gasteiger partial charge is 0.497 e. The van der Waals surface area contributed by atoms with Crippen LogP contribution in [0.2, 0.25) is 0 Å². The van der Waals surface area contributed by atoms with Gasteiger partial charge in [0.25, 0.3) is 0 Å². The average molecular weight is 287 g/mol. The van der Waals surface area contributed by atoms with Crippen LogP contribution in [-0.4, -0.2) is 30.7 Å². The summed E-state index contributed by atoms with van der Waals surface area (Å²) < 4.78 is 11.6. The molecule has 1 heterocycles. The van der Waals surface area contributed by atoms with Gasteiger partial charge in [-0.25, -0.2) is 9.36 Å². The lowest BCUT2D eigenvalue weighted by Gasteiger charge is -2.20. The second-order valence-corrected chi connectivity index (χ2v) is 5.90. The predicted octanol–water partition coefficient (Wildman–Crippen LogP) is 3.13. The van der Waals surface area contributed by atoms with Crippen molar-refractivity contribution in [2.45, 2.75) is 25.7 Å². The molecule has 0 aliphatic heterocycles. The second kappa shape index (κ2) is 4.35. The number of carbonyl (C=O) groups is 2. The standard InChI is InChI=1S/C16H17NO4/c1-16(2)8-12(18)13-10-6-5-9(20-3)7-11(10)17(14(13)16)15(19)21-4/h5-7H,8H2,1-4H3. The van der Waals surface area contributed by atoms with Gasteiger partial charge in [-0.05, 0) is 12.1 Å². The summed E-state index contributed by atoms with van der Waals surface area (Å²) in [6.45, 7) is 3.93. The molecule has 0 fully saturated rings. The van der Waals surface area contributed by atoms with E-state index in [0.29, 0.717) is 23.3 Å². The van der Waals surface area contributed by atoms with Gasteiger partial charge in [0, 0.05) is 34.5 Å². The van der Waals surface area contributed by atoms with Crippen LogP contribution in [0, 0.1) is 0 Å². The second-order valence-electron chi connectivity index (χ2n) is 5.90. The summed E-state index contributed by atoms with van der Waals surface area (Å²) in [5.41, 5.74) is 1.60. The summed E-state index contributed by atoms with van der Waals surface area (Å²) in [4.78, 5) is 24.6. The van der Waals surface area contributed by atoms with E-state index in [9.17, 15) is 9.59 Å². The fourth-order valence-corrected chi connectivity index (χ4v) is 3.17. The van der Waals surface area contributed by atoms with Crippen molar-refractivity contribution in [1.82, 2.24) is 4.57 Å². The van der Waals surface area contributed by atoms with Crippen molar-refractivity contribution in [2.24, 2.45) is 0 Å². The van der Waals surface area contributed by atoms with Crippen molar-refractivity contribution < 1.29 is 19.1 Å². The zero-order chi connectivity index (χ0) is 15.4. The molecule has 0 radical (unpaired) electrons. The molecule has 0 atom stereocenters. The van der Waals surface area contributed by atoms with Gasteiger partial charge in [0.05, 0.1) is 19.7 Å². The summed E-state index contributed by atoms with van der Waals surface area (Å²) in [6.07, 6.45) is -0.0892. The van der Waals surface area contributed by atoms with Crippen molar-refractivity contribution >= 4 is 22.8 Å². The maximum absolute atomic E-state index is 12.4. The molecule has 5 heteroatoms. The summed E-state index contributed by atoms with van der Waals surface area (Å²) in [7, 11) is 2.90. The third kappa shape index (κ3) is 1.77. The van der Waals surface area contributed by atoms with Crippen LogP contribution in [0.15, 0.2) is 18.2 Å². The third-order valence-electron chi connectivity index (χ3n) is 4.06. The van der Waals surface area contributed by atoms with Crippen LogP contribution >= 0.6 is 0 Å². The number of carbonyl (C=O) groups excluding carboxylic acids is 2. The number of rotatable bonds is 1. The van der Waals surface area contributed by atoms with Crippen molar-refractivity contribution in [3.05, 3.63) is 29.5 Å². The molecule has 1 aliphatic rings. The Morgan fingerprint density at radius 1 is 1.29 bits per heavy atom. The molecule has 0 N–H and O–H groups in total. The smallest absolute Gasteiger partial charge is 0.418 e. The Balaban J connectivity index is 2.45. The van der Waals surface area contributed by atoms with E-state index >= 15 is 0 Å². The van der Waals surface area contributed by atoms with Crippen LogP contribution < -0.4 is 4.74 Å². The van der Waals surface area contributed by atoms with E-state index < -0.39 is 11.5 Å². The maximum Gasteiger partial charge on any atom is 0.418 e. The molecule has 0 spiro atoms. The Hall–Kier alpha value is -2.30. The quantitative estimate of drug-likeness (QED) is 0.808. The van der Waals surface area contributed by atoms with E-state index in [0.717, 1.165) is 11.1 Å². The first-order chi connectivity index (χ1) is 9.90. The number of benzene rings is 1. The minimum absolute atomic E-state index is 0.0628. The van der Waals surface area contributed by atoms with Crippen LogP contribution in [0.4, 0.5) is 4.79 Å². The van der Waals surface area contributed by atoms with Gasteiger partial charge in [-0.15, -0.1) is 0 Å². The molecule has 2 aromatic rings. The lowest BCUT2D eigenvalue weighted by atomic mass is 9.90. The highest BCUT2D eigenvalue weighted by Crippen LogP contribution is 2.44. The topological polar surface area (TPSA) is 57.5 Å². The van der Waals surface area contributed by atoms with Crippen LogP contribution in [-0.2, 0) is 10.2 Å². The first kappa shape index (κ1) is 13.7. The lowest BCUT2D eigenvalue weighted by molar-refractivity contribution is 0.0980. The van der Waals surface area contributed by atoms with Crippen molar-refractivity contribution in [3.63, 3.8) is 0 Å². The Morgan fingerprint density at radius 2 is 2.00 bits per heavy atom. The Kier molecular flexibility index (Phi) is 2.83. The number of methoxy groups -OCH3 is 2. The number of nitrogens with zero attached hydrogens (tertiary/aromatic N) is 1. The molecule has 1 aliphatic carbocycles. The molecule has 0 amide bonds. The third-order valence-corrected chi connectivity index (χ3v) is 4.06. The molecule has 3 rings (SSSR count). The first-order valence-corrected chi connectivity index (χ1v) is 6.75. The molecule has 0 unspecified atom stereocenters. The van der Waals surface area contributed by atoms with Gasteiger partial charge in [0.2, 0.25) is 0 Å². The number of ether oxygens (including phenoxy) is 2. The number of ketones is 1. The number of Topliss-reactive ketones (excluding diaryl/α,β-unsaturated/α-hetero) is 1. The van der Waals surface area contributed by atoms with E-state index in [4.69, 9.17) is 9.47 Å². The molecule has 0 saturated heterocycles. The summed E-state index contributed by atoms with van der Waals surface area (Å²) >= 11 is 0. The molecule has 1 aromatic carbocycles. The predicted molar refractivity (Wildman–Crippen MR) is 78.3 cm³/mol. The van der Waals surface area contributed by atoms with E-state index in [1.807, 2.05) is 19.9 Å². The molecular formula is C16H17NO4. The molecule has 0 saturated carbocycles. The van der Waals surface area contributed by atoms with Gasteiger partial charge in [-0.3, -0.25) is 4.79 Å². The fraction of sp³-hybridized carbons (Fsp3) is 0.375. The van der Waals surface area contributed by atoms with Gasteiger partial charge in [0.1, 0.15) is 5.75 Å². The monoisotopic (exact) mass is 287 g/mol. The highest BCUT2D eigenvalue weighted by Gasteiger charge is 2.42.